The van der Waals surface area contributed by atoms with E-state index in [-0.39, 0.29) is 29.4 Å². The van der Waals surface area contributed by atoms with Gasteiger partial charge in [-0.15, -0.1) is 0 Å². The number of thiazole rings is 1. The van der Waals surface area contributed by atoms with Crippen LogP contribution in [0.2, 0.25) is 0 Å². The quantitative estimate of drug-likeness (QED) is 0.314. The van der Waals surface area contributed by atoms with Crippen molar-refractivity contribution in [2.75, 3.05) is 25.3 Å². The summed E-state index contributed by atoms with van der Waals surface area (Å²) in [5.74, 6) is 0.193. The van der Waals surface area contributed by atoms with Crippen LogP contribution in [-0.4, -0.2) is 36.9 Å². The Kier molecular flexibility index (Phi) is 6.36. The molecule has 3 aromatic carbocycles. The van der Waals surface area contributed by atoms with Crippen molar-refractivity contribution in [1.82, 2.24) is 4.57 Å². The van der Waals surface area contributed by atoms with Gasteiger partial charge in [0.15, 0.2) is 16.3 Å². The average Bonchev–Trinajstić information content (AvgIpc) is 3.66. The first kappa shape index (κ1) is 26.4. The largest absolute Gasteiger partial charge is 0.463 e. The smallest absolute Gasteiger partial charge is 0.338 e. The fourth-order valence-electron chi connectivity index (χ4n) is 5.50. The second-order valence-corrected chi connectivity index (χ2v) is 11.7. The van der Waals surface area contributed by atoms with E-state index in [0.29, 0.717) is 49.9 Å². The number of esters is 1. The fraction of sp³-hybridized carbons (Fsp3) is 0.161. The minimum atomic E-state index is -0.907. The molecule has 4 aromatic rings. The number of nitrogens with zero attached hydrogens (tertiary/aromatic N) is 3. The van der Waals surface area contributed by atoms with Crippen molar-refractivity contribution in [3.05, 3.63) is 113 Å². The molecule has 42 heavy (non-hydrogen) atoms. The van der Waals surface area contributed by atoms with Crippen molar-refractivity contribution in [2.45, 2.75) is 13.0 Å². The zero-order valence-electron chi connectivity index (χ0n) is 22.4. The molecule has 0 bridgehead atoms. The summed E-state index contributed by atoms with van der Waals surface area (Å²) in [5, 5.41) is 0. The summed E-state index contributed by atoms with van der Waals surface area (Å²) < 4.78 is 19.2. The Morgan fingerprint density at radius 1 is 1.07 bits per heavy atom. The van der Waals surface area contributed by atoms with E-state index in [1.54, 1.807) is 32.2 Å². The average molecular weight is 645 g/mol. The molecule has 0 aliphatic carbocycles. The number of rotatable bonds is 4. The number of carbonyl (C=O) groups is 2. The molecular weight excluding hydrogens is 622 g/mol. The third kappa shape index (κ3) is 4.03. The molecule has 0 N–H and O–H groups in total. The van der Waals surface area contributed by atoms with Crippen molar-refractivity contribution < 1.29 is 23.8 Å². The Morgan fingerprint density at radius 3 is 2.64 bits per heavy atom. The molecule has 7 rings (SSSR count). The van der Waals surface area contributed by atoms with Gasteiger partial charge in [0.25, 0.3) is 11.5 Å². The number of aromatic nitrogens is 1. The second kappa shape index (κ2) is 10.1. The SMILES string of the molecule is CCOC(=O)C1=C(c2ccccc2)N=c2s/c(=C3\C(=O)N(C)c4ccc(Br)cc43)c(=O)n2[C@H]1c1ccc2c(c1)OCO2. The topological polar surface area (TPSA) is 99.4 Å². The maximum atomic E-state index is 14.4. The number of carbonyl (C=O) groups excluding carboxylic acids is 2. The highest BCUT2D eigenvalue weighted by Gasteiger charge is 2.38. The predicted molar refractivity (Wildman–Crippen MR) is 160 cm³/mol. The van der Waals surface area contributed by atoms with Gasteiger partial charge in [-0.1, -0.05) is 63.7 Å². The molecule has 210 valence electrons. The van der Waals surface area contributed by atoms with Crippen LogP contribution in [-0.2, 0) is 14.3 Å². The molecule has 0 saturated heterocycles. The molecular formula is C31H22BrN3O6S. The molecule has 0 radical (unpaired) electrons. The predicted octanol–water partition coefficient (Wildman–Crippen LogP) is 3.77. The van der Waals surface area contributed by atoms with Gasteiger partial charge in [0.2, 0.25) is 6.79 Å². The lowest BCUT2D eigenvalue weighted by molar-refractivity contribution is -0.138. The van der Waals surface area contributed by atoms with Gasteiger partial charge in [0.1, 0.15) is 4.53 Å². The highest BCUT2D eigenvalue weighted by Crippen LogP contribution is 2.40. The Balaban J connectivity index is 1.58. The first-order valence-corrected chi connectivity index (χ1v) is 14.8. The Hall–Kier alpha value is -4.48. The lowest BCUT2D eigenvalue weighted by Gasteiger charge is -2.26. The van der Waals surface area contributed by atoms with E-state index in [1.165, 1.54) is 9.47 Å². The molecule has 1 amide bonds. The first-order chi connectivity index (χ1) is 20.4. The second-order valence-electron chi connectivity index (χ2n) is 9.77. The summed E-state index contributed by atoms with van der Waals surface area (Å²) in [6.45, 7) is 1.94. The summed E-state index contributed by atoms with van der Waals surface area (Å²) in [4.78, 5) is 48.4. The van der Waals surface area contributed by atoms with Gasteiger partial charge in [0.05, 0.1) is 35.2 Å². The number of benzene rings is 3. The number of hydrogen-bond acceptors (Lipinski definition) is 8. The van der Waals surface area contributed by atoms with Gasteiger partial charge >= 0.3 is 5.97 Å². The summed E-state index contributed by atoms with van der Waals surface area (Å²) >= 11 is 4.62. The summed E-state index contributed by atoms with van der Waals surface area (Å²) in [5.41, 5.74) is 3.13. The molecule has 11 heteroatoms. The van der Waals surface area contributed by atoms with Gasteiger partial charge in [-0.05, 0) is 42.8 Å². The molecule has 9 nitrogen and oxygen atoms in total. The lowest BCUT2D eigenvalue weighted by atomic mass is 9.93. The summed E-state index contributed by atoms with van der Waals surface area (Å²) in [6, 6.07) is 19.2. The van der Waals surface area contributed by atoms with Gasteiger partial charge in [-0.25, -0.2) is 9.79 Å². The van der Waals surface area contributed by atoms with Gasteiger partial charge in [-0.3, -0.25) is 14.2 Å². The number of fused-ring (bicyclic) bond motifs is 3. The van der Waals surface area contributed by atoms with E-state index in [4.69, 9.17) is 19.2 Å². The maximum Gasteiger partial charge on any atom is 0.338 e. The van der Waals surface area contributed by atoms with Crippen LogP contribution in [0.1, 0.15) is 29.7 Å². The van der Waals surface area contributed by atoms with Crippen molar-refractivity contribution in [2.24, 2.45) is 4.99 Å². The Labute approximate surface area is 251 Å². The van der Waals surface area contributed by atoms with Crippen molar-refractivity contribution in [3.63, 3.8) is 0 Å². The number of likely N-dealkylation sites (N-methyl/N-ethyl adjacent to an activating group) is 1. The van der Waals surface area contributed by atoms with Crippen LogP contribution >= 0.6 is 27.3 Å². The zero-order chi connectivity index (χ0) is 29.1. The molecule has 0 unspecified atom stereocenters. The highest BCUT2D eigenvalue weighted by molar-refractivity contribution is 9.10. The van der Waals surface area contributed by atoms with Gasteiger partial charge in [-0.2, -0.15) is 0 Å². The molecule has 0 spiro atoms. The highest BCUT2D eigenvalue weighted by atomic mass is 79.9. The lowest BCUT2D eigenvalue weighted by Crippen LogP contribution is -2.40. The molecule has 3 aliphatic rings. The summed E-state index contributed by atoms with van der Waals surface area (Å²) in [6.07, 6.45) is 0. The molecule has 4 heterocycles. The van der Waals surface area contributed by atoms with Crippen LogP contribution in [0.4, 0.5) is 5.69 Å². The zero-order valence-corrected chi connectivity index (χ0v) is 24.8. The van der Waals surface area contributed by atoms with Crippen molar-refractivity contribution in [3.8, 4) is 11.5 Å². The van der Waals surface area contributed by atoms with E-state index in [0.717, 1.165) is 15.8 Å². The third-order valence-electron chi connectivity index (χ3n) is 7.40. The normalized spacial score (nSPS) is 18.1. The van der Waals surface area contributed by atoms with E-state index < -0.39 is 17.6 Å². The number of halogens is 1. The fourth-order valence-corrected chi connectivity index (χ4v) is 6.95. The van der Waals surface area contributed by atoms with E-state index in [9.17, 15) is 14.4 Å². The van der Waals surface area contributed by atoms with Crippen molar-refractivity contribution >= 4 is 56.1 Å². The van der Waals surface area contributed by atoms with Gasteiger partial charge in [0, 0.05) is 22.6 Å². The summed E-state index contributed by atoms with van der Waals surface area (Å²) in [7, 11) is 1.68. The van der Waals surface area contributed by atoms with E-state index >= 15 is 0 Å². The minimum Gasteiger partial charge on any atom is -0.463 e. The van der Waals surface area contributed by atoms with E-state index in [2.05, 4.69) is 15.9 Å². The molecule has 1 atom stereocenters. The van der Waals surface area contributed by atoms with E-state index in [1.807, 2.05) is 48.5 Å². The van der Waals surface area contributed by atoms with Crippen molar-refractivity contribution in [1.29, 1.82) is 0 Å². The standard InChI is InChI=1S/C31H22BrN3O6S/c1-3-39-30(38)24-25(16-7-5-4-6-8-16)33-31-35(26(24)17-9-12-21-22(13-17)41-15-40-21)29(37)27(42-31)23-19-14-18(32)10-11-20(19)34(2)28(23)36/h4-14,26H,3,15H2,1-2H3/b27-23-/t26-/m0/s1. The van der Waals surface area contributed by atoms with Crippen LogP contribution < -0.4 is 29.3 Å². The Bertz CT molecular complexity index is 2030. The molecule has 3 aliphatic heterocycles. The van der Waals surface area contributed by atoms with Crippen LogP contribution in [0.3, 0.4) is 0 Å². The first-order valence-electron chi connectivity index (χ1n) is 13.2. The van der Waals surface area contributed by atoms with Crippen LogP contribution in [0.5, 0.6) is 11.5 Å². The Morgan fingerprint density at radius 2 is 1.86 bits per heavy atom. The van der Waals surface area contributed by atoms with Crippen LogP contribution in [0, 0.1) is 0 Å². The van der Waals surface area contributed by atoms with Gasteiger partial charge < -0.3 is 19.1 Å². The maximum absolute atomic E-state index is 14.4. The minimum absolute atomic E-state index is 0.0747. The number of hydrogen-bond donors (Lipinski definition) is 0. The number of ether oxygens (including phenoxy) is 3. The molecule has 1 aromatic heterocycles. The monoisotopic (exact) mass is 643 g/mol. The van der Waals surface area contributed by atoms with Crippen LogP contribution in [0.15, 0.2) is 86.6 Å². The van der Waals surface area contributed by atoms with Crippen LogP contribution in [0.25, 0.3) is 11.3 Å². The molecule has 0 fully saturated rings. The number of anilines is 1. The number of amides is 1. The third-order valence-corrected chi connectivity index (χ3v) is 8.94. The molecule has 0 saturated carbocycles.